The number of ether oxygens (including phenoxy) is 2. The number of nitrogens with zero attached hydrogens (tertiary/aromatic N) is 2. The molecule has 0 saturated heterocycles. The van der Waals surface area contributed by atoms with Crippen molar-refractivity contribution >= 4 is 27.5 Å². The number of sulfonamides is 1. The summed E-state index contributed by atoms with van der Waals surface area (Å²) in [6.07, 6.45) is 0.190. The molecule has 4 aromatic rings. The molecule has 4 aromatic carbocycles. The Bertz CT molecular complexity index is 1780. The van der Waals surface area contributed by atoms with E-state index in [9.17, 15) is 22.4 Å². The van der Waals surface area contributed by atoms with Gasteiger partial charge in [-0.05, 0) is 73.9 Å². The lowest BCUT2D eigenvalue weighted by Gasteiger charge is -2.34. The molecule has 0 fully saturated rings. The number of nitrogens with one attached hydrogen (secondary N) is 1. The highest BCUT2D eigenvalue weighted by atomic mass is 32.2. The van der Waals surface area contributed by atoms with Crippen molar-refractivity contribution in [2.24, 2.45) is 0 Å². The molecule has 47 heavy (non-hydrogen) atoms. The number of rotatable bonds is 14. The third kappa shape index (κ3) is 8.68. The maximum absolute atomic E-state index is 14.6. The lowest BCUT2D eigenvalue weighted by atomic mass is 10.0. The molecule has 0 radical (unpaired) electrons. The van der Waals surface area contributed by atoms with Gasteiger partial charge in [0.15, 0.2) is 11.5 Å². The number of amides is 2. The molecule has 0 aliphatic rings. The van der Waals surface area contributed by atoms with Crippen LogP contribution in [-0.2, 0) is 32.6 Å². The van der Waals surface area contributed by atoms with Crippen LogP contribution in [0.4, 0.5) is 10.1 Å². The quantitative estimate of drug-likeness (QED) is 0.191. The Morgan fingerprint density at radius 3 is 2.11 bits per heavy atom. The molecule has 1 unspecified atom stereocenters. The molecule has 1 N–H and O–H groups in total. The standard InChI is InChI=1S/C36H40FN3O6S/c1-25(2)38-36(42)32(21-27-12-7-6-8-13-27)39(23-28-14-10-9-11-26(28)3)35(41)24-40(30-17-15-29(37)16-18-30)47(43,44)31-19-20-33(45-4)34(22-31)46-5/h6-20,22,25,32H,21,23-24H2,1-5H3,(H,38,42). The molecule has 0 heterocycles. The molecule has 9 nitrogen and oxygen atoms in total. The van der Waals surface area contributed by atoms with Crippen LogP contribution in [0.3, 0.4) is 0 Å². The van der Waals surface area contributed by atoms with Crippen molar-refractivity contribution in [3.05, 3.63) is 120 Å². The summed E-state index contributed by atoms with van der Waals surface area (Å²) in [6.45, 7) is 4.94. The number of hydrogen-bond acceptors (Lipinski definition) is 6. The molecule has 248 valence electrons. The van der Waals surface area contributed by atoms with Gasteiger partial charge in [0.25, 0.3) is 10.0 Å². The van der Waals surface area contributed by atoms with Gasteiger partial charge in [-0.25, -0.2) is 12.8 Å². The first-order valence-electron chi connectivity index (χ1n) is 15.1. The Balaban J connectivity index is 1.83. The normalized spacial score (nSPS) is 11.9. The van der Waals surface area contributed by atoms with E-state index in [2.05, 4.69) is 5.32 Å². The van der Waals surface area contributed by atoms with Crippen LogP contribution in [0.5, 0.6) is 11.5 Å². The summed E-state index contributed by atoms with van der Waals surface area (Å²) in [4.78, 5) is 29.6. The zero-order valence-corrected chi connectivity index (χ0v) is 28.0. The summed E-state index contributed by atoms with van der Waals surface area (Å²) in [7, 11) is -1.62. The van der Waals surface area contributed by atoms with E-state index in [1.807, 2.05) is 75.4 Å². The van der Waals surface area contributed by atoms with Crippen molar-refractivity contribution in [3.8, 4) is 11.5 Å². The maximum atomic E-state index is 14.6. The van der Waals surface area contributed by atoms with E-state index >= 15 is 0 Å². The Hall–Kier alpha value is -4.90. The summed E-state index contributed by atoms with van der Waals surface area (Å²) < 4.78 is 54.1. The van der Waals surface area contributed by atoms with Crippen molar-refractivity contribution in [2.75, 3.05) is 25.1 Å². The average molecular weight is 662 g/mol. The van der Waals surface area contributed by atoms with Crippen molar-refractivity contribution in [1.82, 2.24) is 10.2 Å². The number of hydrogen-bond donors (Lipinski definition) is 1. The minimum atomic E-state index is -4.43. The molecule has 2 amide bonds. The lowest BCUT2D eigenvalue weighted by Crippen LogP contribution is -2.54. The zero-order valence-electron chi connectivity index (χ0n) is 27.1. The Kier molecular flexibility index (Phi) is 11.6. The van der Waals surface area contributed by atoms with Crippen LogP contribution in [0.15, 0.2) is 102 Å². The minimum absolute atomic E-state index is 0.0438. The van der Waals surface area contributed by atoms with Gasteiger partial charge in [-0.15, -0.1) is 0 Å². The monoisotopic (exact) mass is 661 g/mol. The molecular weight excluding hydrogens is 621 g/mol. The first-order chi connectivity index (χ1) is 22.4. The Labute approximate surface area is 276 Å². The van der Waals surface area contributed by atoms with E-state index in [0.717, 1.165) is 33.1 Å². The summed E-state index contributed by atoms with van der Waals surface area (Å²) in [6, 6.07) is 24.5. The van der Waals surface area contributed by atoms with Gasteiger partial charge in [0.2, 0.25) is 11.8 Å². The highest BCUT2D eigenvalue weighted by molar-refractivity contribution is 7.92. The Morgan fingerprint density at radius 2 is 1.49 bits per heavy atom. The molecule has 1 atom stereocenters. The van der Waals surface area contributed by atoms with E-state index in [4.69, 9.17) is 9.47 Å². The van der Waals surface area contributed by atoms with Crippen molar-refractivity contribution in [1.29, 1.82) is 0 Å². The molecule has 0 aromatic heterocycles. The van der Waals surface area contributed by atoms with Crippen molar-refractivity contribution in [3.63, 3.8) is 0 Å². The topological polar surface area (TPSA) is 105 Å². The first-order valence-corrected chi connectivity index (χ1v) is 16.6. The number of aryl methyl sites for hydroxylation is 1. The number of halogens is 1. The van der Waals surface area contributed by atoms with Gasteiger partial charge in [0.1, 0.15) is 18.4 Å². The van der Waals surface area contributed by atoms with Crippen LogP contribution < -0.4 is 19.1 Å². The fourth-order valence-electron chi connectivity index (χ4n) is 5.15. The summed E-state index contributed by atoms with van der Waals surface area (Å²) in [5.74, 6) is -1.07. The van der Waals surface area contributed by atoms with Crippen molar-refractivity contribution in [2.45, 2.75) is 50.7 Å². The van der Waals surface area contributed by atoms with Gasteiger partial charge in [-0.2, -0.15) is 0 Å². The molecule has 0 spiro atoms. The Morgan fingerprint density at radius 1 is 0.851 bits per heavy atom. The average Bonchev–Trinajstić information content (AvgIpc) is 3.06. The van der Waals surface area contributed by atoms with Crippen LogP contribution in [0.1, 0.15) is 30.5 Å². The first kappa shape index (κ1) is 35.0. The van der Waals surface area contributed by atoms with E-state index in [0.29, 0.717) is 5.75 Å². The number of carbonyl (C=O) groups is 2. The molecule has 4 rings (SSSR count). The molecule has 0 aliphatic heterocycles. The molecule has 0 bridgehead atoms. The van der Waals surface area contributed by atoms with E-state index in [-0.39, 0.29) is 41.2 Å². The third-order valence-corrected chi connectivity index (χ3v) is 9.41. The van der Waals surface area contributed by atoms with E-state index in [1.165, 1.54) is 49.5 Å². The van der Waals surface area contributed by atoms with E-state index in [1.54, 1.807) is 0 Å². The smallest absolute Gasteiger partial charge is 0.264 e. The zero-order chi connectivity index (χ0) is 34.1. The fraction of sp³-hybridized carbons (Fsp3) is 0.278. The minimum Gasteiger partial charge on any atom is -0.493 e. The third-order valence-electron chi connectivity index (χ3n) is 7.64. The number of anilines is 1. The molecular formula is C36H40FN3O6S. The van der Waals surface area contributed by atoms with Gasteiger partial charge in [0.05, 0.1) is 24.8 Å². The lowest BCUT2D eigenvalue weighted by molar-refractivity contribution is -0.140. The maximum Gasteiger partial charge on any atom is 0.264 e. The number of methoxy groups -OCH3 is 2. The van der Waals surface area contributed by atoms with Crippen LogP contribution in [-0.4, -0.2) is 58.0 Å². The predicted octanol–water partition coefficient (Wildman–Crippen LogP) is 5.51. The van der Waals surface area contributed by atoms with Gasteiger partial charge in [-0.3, -0.25) is 13.9 Å². The van der Waals surface area contributed by atoms with Crippen LogP contribution in [0.2, 0.25) is 0 Å². The summed E-state index contributed by atoms with van der Waals surface area (Å²) in [5.41, 5.74) is 2.60. The van der Waals surface area contributed by atoms with Crippen LogP contribution >= 0.6 is 0 Å². The van der Waals surface area contributed by atoms with Crippen LogP contribution in [0.25, 0.3) is 0 Å². The SMILES string of the molecule is COc1ccc(S(=O)(=O)N(CC(=O)N(Cc2ccccc2C)C(Cc2ccccc2)C(=O)NC(C)C)c2ccc(F)cc2)cc1OC. The van der Waals surface area contributed by atoms with Gasteiger partial charge >= 0.3 is 0 Å². The van der Waals surface area contributed by atoms with Gasteiger partial charge in [0, 0.05) is 25.1 Å². The summed E-state index contributed by atoms with van der Waals surface area (Å²) in [5, 5.41) is 2.94. The highest BCUT2D eigenvalue weighted by Gasteiger charge is 2.35. The van der Waals surface area contributed by atoms with Gasteiger partial charge in [-0.1, -0.05) is 54.6 Å². The van der Waals surface area contributed by atoms with Gasteiger partial charge < -0.3 is 19.7 Å². The second-order valence-electron chi connectivity index (χ2n) is 11.3. The number of carbonyl (C=O) groups excluding carboxylic acids is 2. The van der Waals surface area contributed by atoms with Crippen LogP contribution in [0, 0.1) is 12.7 Å². The van der Waals surface area contributed by atoms with E-state index < -0.39 is 34.3 Å². The molecule has 11 heteroatoms. The fourth-order valence-corrected chi connectivity index (χ4v) is 6.58. The molecule has 0 aliphatic carbocycles. The predicted molar refractivity (Wildman–Crippen MR) is 179 cm³/mol. The largest absolute Gasteiger partial charge is 0.493 e. The second kappa shape index (κ2) is 15.6. The van der Waals surface area contributed by atoms with Crippen molar-refractivity contribution < 1.29 is 31.9 Å². The summed E-state index contributed by atoms with van der Waals surface area (Å²) >= 11 is 0. The highest BCUT2D eigenvalue weighted by Crippen LogP contribution is 2.32. The molecule has 0 saturated carbocycles. The number of benzene rings is 4. The second-order valence-corrected chi connectivity index (χ2v) is 13.2.